The summed E-state index contributed by atoms with van der Waals surface area (Å²) >= 11 is 5.49. The lowest BCUT2D eigenvalue weighted by Gasteiger charge is -2.35. The first-order valence-electron chi connectivity index (χ1n) is 7.38. The summed E-state index contributed by atoms with van der Waals surface area (Å²) in [5.41, 5.74) is 0.787. The van der Waals surface area contributed by atoms with E-state index in [-0.39, 0.29) is 11.6 Å². The van der Waals surface area contributed by atoms with Crippen molar-refractivity contribution in [3.63, 3.8) is 0 Å². The number of carbonyl (C=O) groups is 1. The molecule has 22 heavy (non-hydrogen) atoms. The van der Waals surface area contributed by atoms with Crippen LogP contribution in [0.15, 0.2) is 12.4 Å². The van der Waals surface area contributed by atoms with E-state index in [0.29, 0.717) is 24.0 Å². The van der Waals surface area contributed by atoms with E-state index in [2.05, 4.69) is 29.1 Å². The number of aromatic nitrogens is 2. The fourth-order valence-corrected chi connectivity index (χ4v) is 2.34. The number of aliphatic hydroxyl groups is 1. The van der Waals surface area contributed by atoms with Crippen molar-refractivity contribution in [2.24, 2.45) is 0 Å². The van der Waals surface area contributed by atoms with Crippen molar-refractivity contribution >= 4 is 17.7 Å². The van der Waals surface area contributed by atoms with E-state index in [9.17, 15) is 9.90 Å². The van der Waals surface area contributed by atoms with Crippen molar-refractivity contribution in [3.8, 4) is 0 Å². The first-order valence-corrected chi connectivity index (χ1v) is 7.76. The van der Waals surface area contributed by atoms with Crippen molar-refractivity contribution in [2.45, 2.75) is 64.0 Å². The Kier molecular flexibility index (Phi) is 7.03. The maximum Gasteiger partial charge on any atom is 0.405 e. The summed E-state index contributed by atoms with van der Waals surface area (Å²) in [4.78, 5) is 18.1. The van der Waals surface area contributed by atoms with E-state index in [4.69, 9.17) is 16.7 Å². The van der Waals surface area contributed by atoms with E-state index < -0.39 is 6.09 Å². The van der Waals surface area contributed by atoms with Crippen LogP contribution in [0.3, 0.4) is 0 Å². The molecule has 1 saturated carbocycles. The van der Waals surface area contributed by atoms with Gasteiger partial charge in [-0.25, -0.2) is 14.8 Å². The number of halogens is 1. The molecule has 0 radical (unpaired) electrons. The number of nitrogens with zero attached hydrogens (tertiary/aromatic N) is 2. The van der Waals surface area contributed by atoms with E-state index in [0.717, 1.165) is 18.4 Å². The summed E-state index contributed by atoms with van der Waals surface area (Å²) < 4.78 is 0. The number of nitrogens with one attached hydrogen (secondary N) is 1. The molecule has 1 aromatic heterocycles. The second kappa shape index (κ2) is 8.29. The third-order valence-electron chi connectivity index (χ3n) is 3.77. The van der Waals surface area contributed by atoms with Crippen LogP contribution < -0.4 is 5.32 Å². The van der Waals surface area contributed by atoms with Gasteiger partial charge in [0.25, 0.3) is 0 Å². The number of hydrogen-bond acceptors (Lipinski definition) is 4. The van der Waals surface area contributed by atoms with Crippen molar-refractivity contribution < 1.29 is 15.0 Å². The first-order chi connectivity index (χ1) is 10.2. The highest BCUT2D eigenvalue weighted by molar-refractivity contribution is 6.28. The van der Waals surface area contributed by atoms with Gasteiger partial charge in [0.1, 0.15) is 0 Å². The fourth-order valence-electron chi connectivity index (χ4n) is 2.24. The number of rotatable bonds is 2. The summed E-state index contributed by atoms with van der Waals surface area (Å²) in [6.07, 6.45) is 5.11. The normalized spacial score (nSPS) is 24.4. The van der Waals surface area contributed by atoms with E-state index in [1.807, 2.05) is 6.92 Å². The molecule has 0 aromatic carbocycles. The molecule has 0 aliphatic heterocycles. The molecular formula is C15H24ClN3O3. The Bertz CT molecular complexity index is 471. The molecule has 0 unspecified atom stereocenters. The number of amides is 1. The van der Waals surface area contributed by atoms with Gasteiger partial charge in [0.05, 0.1) is 6.10 Å². The maximum absolute atomic E-state index is 10.4. The lowest BCUT2D eigenvalue weighted by atomic mass is 9.82. The minimum absolute atomic E-state index is 0.242. The average molecular weight is 330 g/mol. The molecule has 2 rings (SSSR count). The Balaban J connectivity index is 0.000000224. The average Bonchev–Trinajstić information content (AvgIpc) is 2.43. The van der Waals surface area contributed by atoms with E-state index >= 15 is 0 Å². The van der Waals surface area contributed by atoms with Gasteiger partial charge in [-0.2, -0.15) is 0 Å². The topological polar surface area (TPSA) is 95.3 Å². The first kappa shape index (κ1) is 18.6. The molecule has 1 aliphatic rings. The van der Waals surface area contributed by atoms with Crippen LogP contribution in [0.4, 0.5) is 4.79 Å². The summed E-state index contributed by atoms with van der Waals surface area (Å²) in [6, 6.07) is 0. The van der Waals surface area contributed by atoms with Crippen LogP contribution in [-0.2, 0) is 0 Å². The van der Waals surface area contributed by atoms with E-state index in [1.165, 1.54) is 0 Å². The zero-order valence-electron chi connectivity index (χ0n) is 13.2. The van der Waals surface area contributed by atoms with Crippen molar-refractivity contribution in [2.75, 3.05) is 0 Å². The molecule has 124 valence electrons. The number of aliphatic hydroxyl groups excluding tert-OH is 1. The Hall–Kier alpha value is -1.40. The van der Waals surface area contributed by atoms with Crippen LogP contribution in [0.5, 0.6) is 0 Å². The number of hydrogen-bond donors (Lipinski definition) is 3. The molecule has 1 fully saturated rings. The highest BCUT2D eigenvalue weighted by atomic mass is 35.5. The van der Waals surface area contributed by atoms with Crippen molar-refractivity contribution in [3.05, 3.63) is 23.2 Å². The Morgan fingerprint density at radius 3 is 2.27 bits per heavy atom. The van der Waals surface area contributed by atoms with Crippen LogP contribution in [0.2, 0.25) is 5.28 Å². The Morgan fingerprint density at radius 1 is 1.36 bits per heavy atom. The molecule has 1 aromatic rings. The molecular weight excluding hydrogens is 306 g/mol. The molecule has 7 heteroatoms. The standard InChI is InChI=1S/C8H15NO3.C7H9ClN2/c1-8(9-7(11)12)4-2-6(10)3-5-8;1-5(2)6-3-9-7(8)10-4-6/h6,9-10H,2-5H2,1H3,(H,11,12);3-5H,1-2H3/t6-,8+;. The van der Waals surface area contributed by atoms with Crippen LogP contribution in [0.1, 0.15) is 57.9 Å². The summed E-state index contributed by atoms with van der Waals surface area (Å²) in [7, 11) is 0. The molecule has 0 spiro atoms. The predicted octanol–water partition coefficient (Wildman–Crippen LogP) is 3.20. The van der Waals surface area contributed by atoms with Gasteiger partial charge in [-0.05, 0) is 55.7 Å². The third-order valence-corrected chi connectivity index (χ3v) is 3.97. The molecule has 1 aliphatic carbocycles. The maximum atomic E-state index is 10.4. The van der Waals surface area contributed by atoms with Gasteiger partial charge in [0, 0.05) is 17.9 Å². The van der Waals surface area contributed by atoms with Gasteiger partial charge in [-0.15, -0.1) is 0 Å². The van der Waals surface area contributed by atoms with Gasteiger partial charge in [-0.3, -0.25) is 0 Å². The second-order valence-corrected chi connectivity index (χ2v) is 6.50. The predicted molar refractivity (Wildman–Crippen MR) is 85.2 cm³/mol. The molecule has 6 nitrogen and oxygen atoms in total. The molecule has 0 saturated heterocycles. The lowest BCUT2D eigenvalue weighted by Crippen LogP contribution is -2.48. The minimum atomic E-state index is -0.978. The van der Waals surface area contributed by atoms with Gasteiger partial charge < -0.3 is 15.5 Å². The Morgan fingerprint density at radius 2 is 1.86 bits per heavy atom. The van der Waals surface area contributed by atoms with Crippen LogP contribution in [-0.4, -0.2) is 37.9 Å². The molecule has 0 bridgehead atoms. The summed E-state index contributed by atoms with van der Waals surface area (Å²) in [5.74, 6) is 0.470. The van der Waals surface area contributed by atoms with Gasteiger partial charge in [0.2, 0.25) is 5.28 Å². The molecule has 1 heterocycles. The zero-order valence-corrected chi connectivity index (χ0v) is 14.0. The van der Waals surface area contributed by atoms with Gasteiger partial charge >= 0.3 is 6.09 Å². The SMILES string of the molecule is CC(C)c1cnc(Cl)nc1.C[C@]1(NC(=O)O)CC[C@@H](O)CC1. The smallest absolute Gasteiger partial charge is 0.405 e. The number of carboxylic acid groups (broad SMARTS) is 1. The minimum Gasteiger partial charge on any atom is -0.465 e. The van der Waals surface area contributed by atoms with E-state index in [1.54, 1.807) is 12.4 Å². The highest BCUT2D eigenvalue weighted by Crippen LogP contribution is 2.27. The zero-order chi connectivity index (χ0) is 16.8. The van der Waals surface area contributed by atoms with Crippen molar-refractivity contribution in [1.29, 1.82) is 0 Å². The molecule has 3 N–H and O–H groups in total. The largest absolute Gasteiger partial charge is 0.465 e. The Labute approximate surface area is 135 Å². The quantitative estimate of drug-likeness (QED) is 0.724. The monoisotopic (exact) mass is 329 g/mol. The molecule has 1 amide bonds. The second-order valence-electron chi connectivity index (χ2n) is 6.16. The van der Waals surface area contributed by atoms with Gasteiger partial charge in [0.15, 0.2) is 0 Å². The highest BCUT2D eigenvalue weighted by Gasteiger charge is 2.31. The molecule has 0 atom stereocenters. The van der Waals surface area contributed by atoms with Crippen LogP contribution in [0.25, 0.3) is 0 Å². The third kappa shape index (κ3) is 6.58. The summed E-state index contributed by atoms with van der Waals surface area (Å²) in [6.45, 7) is 6.06. The van der Waals surface area contributed by atoms with Crippen LogP contribution >= 0.6 is 11.6 Å². The fraction of sp³-hybridized carbons (Fsp3) is 0.667. The van der Waals surface area contributed by atoms with Gasteiger partial charge in [-0.1, -0.05) is 13.8 Å². The van der Waals surface area contributed by atoms with Crippen LogP contribution in [0, 0.1) is 0 Å². The lowest BCUT2D eigenvalue weighted by molar-refractivity contribution is 0.0875. The van der Waals surface area contributed by atoms with Crippen molar-refractivity contribution in [1.82, 2.24) is 15.3 Å². The summed E-state index contributed by atoms with van der Waals surface area (Å²) in [5, 5.41) is 20.5.